The third-order valence-corrected chi connectivity index (χ3v) is 4.41. The maximum absolute atomic E-state index is 12.6. The van der Waals surface area contributed by atoms with Gasteiger partial charge < -0.3 is 0 Å². The van der Waals surface area contributed by atoms with Gasteiger partial charge in [0.25, 0.3) is 0 Å². The third kappa shape index (κ3) is 1.61. The molecule has 3 heteroatoms. The fourth-order valence-electron chi connectivity index (χ4n) is 2.60. The van der Waals surface area contributed by atoms with Crippen molar-refractivity contribution in [3.8, 4) is 0 Å². The van der Waals surface area contributed by atoms with Gasteiger partial charge >= 0.3 is 0 Å². The predicted molar refractivity (Wildman–Crippen MR) is 76.9 cm³/mol. The van der Waals surface area contributed by atoms with Gasteiger partial charge in [0.2, 0.25) is 0 Å². The molecule has 19 heavy (non-hydrogen) atoms. The highest BCUT2D eigenvalue weighted by molar-refractivity contribution is 9.10. The third-order valence-electron chi connectivity index (χ3n) is 3.59. The molecule has 2 aromatic rings. The summed E-state index contributed by atoms with van der Waals surface area (Å²) >= 11 is 3.45. The van der Waals surface area contributed by atoms with E-state index in [0.717, 1.165) is 15.6 Å². The van der Waals surface area contributed by atoms with E-state index in [-0.39, 0.29) is 11.6 Å². The summed E-state index contributed by atoms with van der Waals surface area (Å²) in [6.45, 7) is 3.73. The highest BCUT2D eigenvalue weighted by Crippen LogP contribution is 2.34. The molecule has 0 N–H and O–H groups in total. The second-order valence-corrected chi connectivity index (χ2v) is 5.61. The normalized spacial score (nSPS) is 13.2. The van der Waals surface area contributed by atoms with E-state index in [0.29, 0.717) is 22.3 Å². The van der Waals surface area contributed by atoms with Gasteiger partial charge in [-0.15, -0.1) is 0 Å². The zero-order valence-corrected chi connectivity index (χ0v) is 12.2. The predicted octanol–water partition coefficient (Wildman–Crippen LogP) is 3.84. The number of benzene rings is 2. The fraction of sp³-hybridized carbons (Fsp3) is 0.125. The fourth-order valence-corrected chi connectivity index (χ4v) is 3.14. The monoisotopic (exact) mass is 314 g/mol. The van der Waals surface area contributed by atoms with Crippen LogP contribution in [0.2, 0.25) is 0 Å². The van der Waals surface area contributed by atoms with Gasteiger partial charge in [0.1, 0.15) is 0 Å². The van der Waals surface area contributed by atoms with E-state index < -0.39 is 0 Å². The molecule has 0 aromatic heterocycles. The number of fused-ring (bicyclic) bond motifs is 2. The molecule has 2 nitrogen and oxygen atoms in total. The van der Waals surface area contributed by atoms with Crippen LogP contribution < -0.4 is 0 Å². The lowest BCUT2D eigenvalue weighted by molar-refractivity contribution is 0.0978. The molecule has 0 bridgehead atoms. The first-order chi connectivity index (χ1) is 9.02. The van der Waals surface area contributed by atoms with E-state index >= 15 is 0 Å². The molecular formula is C16H11BrO2. The number of carbonyl (C=O) groups excluding carboxylic acids is 2. The lowest BCUT2D eigenvalue weighted by Crippen LogP contribution is -2.23. The van der Waals surface area contributed by atoms with E-state index in [9.17, 15) is 9.59 Å². The molecule has 1 aliphatic carbocycles. The first-order valence-corrected chi connectivity index (χ1v) is 6.79. The summed E-state index contributed by atoms with van der Waals surface area (Å²) in [4.78, 5) is 25.2. The van der Waals surface area contributed by atoms with Gasteiger partial charge in [0, 0.05) is 26.7 Å². The van der Waals surface area contributed by atoms with Crippen LogP contribution >= 0.6 is 15.9 Å². The number of ketones is 2. The van der Waals surface area contributed by atoms with Gasteiger partial charge in [0.15, 0.2) is 11.6 Å². The number of hydrogen-bond acceptors (Lipinski definition) is 2. The Morgan fingerprint density at radius 3 is 2.00 bits per heavy atom. The maximum Gasteiger partial charge on any atom is 0.194 e. The van der Waals surface area contributed by atoms with Crippen LogP contribution in [0.5, 0.6) is 0 Å². The van der Waals surface area contributed by atoms with Crippen molar-refractivity contribution in [3.05, 3.63) is 68.2 Å². The lowest BCUT2D eigenvalue weighted by Gasteiger charge is -2.21. The molecule has 94 valence electrons. The highest BCUT2D eigenvalue weighted by atomic mass is 79.9. The number of rotatable bonds is 0. The van der Waals surface area contributed by atoms with Crippen molar-refractivity contribution in [1.82, 2.24) is 0 Å². The molecule has 0 unspecified atom stereocenters. The van der Waals surface area contributed by atoms with Gasteiger partial charge in [-0.05, 0) is 31.0 Å². The Balaban J connectivity index is 2.43. The average Bonchev–Trinajstić information content (AvgIpc) is 2.40. The van der Waals surface area contributed by atoms with Gasteiger partial charge in [-0.1, -0.05) is 40.2 Å². The quantitative estimate of drug-likeness (QED) is 0.631. The van der Waals surface area contributed by atoms with Crippen molar-refractivity contribution in [1.29, 1.82) is 0 Å². The van der Waals surface area contributed by atoms with Gasteiger partial charge in [0.05, 0.1) is 0 Å². The SMILES string of the molecule is Cc1cc(Br)c(C)c2c1C(=O)c1ccccc1C2=O. The zero-order valence-electron chi connectivity index (χ0n) is 10.6. The molecule has 0 aliphatic heterocycles. The lowest BCUT2D eigenvalue weighted by atomic mass is 9.80. The van der Waals surface area contributed by atoms with Crippen LogP contribution in [0.15, 0.2) is 34.8 Å². The van der Waals surface area contributed by atoms with E-state index in [1.165, 1.54) is 0 Å². The minimum Gasteiger partial charge on any atom is -0.289 e. The minimum absolute atomic E-state index is 0.0571. The van der Waals surface area contributed by atoms with Gasteiger partial charge in [-0.25, -0.2) is 0 Å². The van der Waals surface area contributed by atoms with Crippen LogP contribution in [0.4, 0.5) is 0 Å². The Labute approximate surface area is 119 Å². The first kappa shape index (κ1) is 12.3. The summed E-state index contributed by atoms with van der Waals surface area (Å²) in [5.74, 6) is -0.120. The van der Waals surface area contributed by atoms with Crippen LogP contribution in [-0.2, 0) is 0 Å². The molecule has 0 spiro atoms. The van der Waals surface area contributed by atoms with Crippen LogP contribution in [-0.4, -0.2) is 11.6 Å². The number of aryl methyl sites for hydroxylation is 1. The van der Waals surface area contributed by atoms with Crippen LogP contribution in [0, 0.1) is 13.8 Å². The summed E-state index contributed by atoms with van der Waals surface area (Å²) in [6.07, 6.45) is 0. The van der Waals surface area contributed by atoms with E-state index in [1.54, 1.807) is 24.3 Å². The topological polar surface area (TPSA) is 34.1 Å². The molecule has 0 atom stereocenters. The summed E-state index contributed by atoms with van der Waals surface area (Å²) < 4.78 is 0.865. The van der Waals surface area contributed by atoms with Crippen LogP contribution in [0.25, 0.3) is 0 Å². The Bertz CT molecular complexity index is 745. The Hall–Kier alpha value is -1.74. The molecule has 1 aliphatic rings. The van der Waals surface area contributed by atoms with Crippen molar-refractivity contribution < 1.29 is 9.59 Å². The molecule has 0 saturated carbocycles. The zero-order chi connectivity index (χ0) is 13.7. The van der Waals surface area contributed by atoms with E-state index in [1.807, 2.05) is 19.9 Å². The van der Waals surface area contributed by atoms with Crippen molar-refractivity contribution in [2.45, 2.75) is 13.8 Å². The number of hydrogen-bond donors (Lipinski definition) is 0. The van der Waals surface area contributed by atoms with Crippen LogP contribution in [0.3, 0.4) is 0 Å². The van der Waals surface area contributed by atoms with Crippen LogP contribution in [0.1, 0.15) is 43.0 Å². The number of halogens is 1. The standard InChI is InChI=1S/C16H11BrO2/c1-8-7-12(17)9(2)14-13(8)15(18)10-5-3-4-6-11(10)16(14)19/h3-7H,1-2H3. The van der Waals surface area contributed by atoms with E-state index in [2.05, 4.69) is 15.9 Å². The summed E-state index contributed by atoms with van der Waals surface area (Å²) in [7, 11) is 0. The molecule has 3 rings (SSSR count). The van der Waals surface area contributed by atoms with Crippen molar-refractivity contribution in [3.63, 3.8) is 0 Å². The smallest absolute Gasteiger partial charge is 0.194 e. The van der Waals surface area contributed by atoms with Crippen molar-refractivity contribution in [2.24, 2.45) is 0 Å². The molecule has 0 fully saturated rings. The maximum atomic E-state index is 12.6. The molecule has 0 saturated heterocycles. The average molecular weight is 315 g/mol. The minimum atomic E-state index is -0.0629. The molecular weight excluding hydrogens is 304 g/mol. The Morgan fingerprint density at radius 1 is 0.895 bits per heavy atom. The highest BCUT2D eigenvalue weighted by Gasteiger charge is 2.32. The second kappa shape index (κ2) is 4.14. The molecule has 0 heterocycles. The largest absolute Gasteiger partial charge is 0.289 e. The van der Waals surface area contributed by atoms with Gasteiger partial charge in [-0.2, -0.15) is 0 Å². The van der Waals surface area contributed by atoms with Crippen molar-refractivity contribution >= 4 is 27.5 Å². The first-order valence-electron chi connectivity index (χ1n) is 6.00. The Kier molecular flexibility index (Phi) is 2.68. The molecule has 0 amide bonds. The van der Waals surface area contributed by atoms with Gasteiger partial charge in [-0.3, -0.25) is 9.59 Å². The Morgan fingerprint density at radius 2 is 1.42 bits per heavy atom. The summed E-state index contributed by atoms with van der Waals surface area (Å²) in [5, 5.41) is 0. The second-order valence-electron chi connectivity index (χ2n) is 4.75. The summed E-state index contributed by atoms with van der Waals surface area (Å²) in [5.41, 5.74) is 3.75. The van der Waals surface area contributed by atoms with E-state index in [4.69, 9.17) is 0 Å². The van der Waals surface area contributed by atoms with Crippen molar-refractivity contribution in [2.75, 3.05) is 0 Å². The number of carbonyl (C=O) groups is 2. The molecule has 0 radical (unpaired) electrons. The summed E-state index contributed by atoms with van der Waals surface area (Å²) in [6, 6.07) is 8.90. The molecule has 2 aromatic carbocycles.